The van der Waals surface area contributed by atoms with Gasteiger partial charge in [-0.05, 0) is 25.7 Å². The Kier molecular flexibility index (Phi) is 3.79. The summed E-state index contributed by atoms with van der Waals surface area (Å²) in [5.74, 6) is 0. The average molecular weight is 280 g/mol. The molecule has 0 unspecified atom stereocenters. The molecule has 1 saturated carbocycles. The standard InChI is InChI=1S/C12H19Cl2NO2/c1-2-3-8-17-10(16)15-6-4-11(5-7-15)9-12(11,13)14/h2-9H2,1H3. The van der Waals surface area contributed by atoms with Gasteiger partial charge in [-0.1, -0.05) is 13.3 Å². The van der Waals surface area contributed by atoms with Crippen LogP contribution < -0.4 is 0 Å². The van der Waals surface area contributed by atoms with E-state index in [1.165, 1.54) is 0 Å². The highest BCUT2D eigenvalue weighted by molar-refractivity contribution is 6.51. The first kappa shape index (κ1) is 13.3. The van der Waals surface area contributed by atoms with E-state index in [1.807, 2.05) is 0 Å². The Labute approximate surface area is 112 Å². The van der Waals surface area contributed by atoms with E-state index in [0.717, 1.165) is 32.1 Å². The summed E-state index contributed by atoms with van der Waals surface area (Å²) in [4.78, 5) is 13.5. The molecule has 17 heavy (non-hydrogen) atoms. The minimum atomic E-state index is -0.550. The van der Waals surface area contributed by atoms with Crippen LogP contribution in [-0.2, 0) is 4.74 Å². The van der Waals surface area contributed by atoms with Gasteiger partial charge < -0.3 is 9.64 Å². The highest BCUT2D eigenvalue weighted by atomic mass is 35.5. The van der Waals surface area contributed by atoms with Crippen LogP contribution in [0.15, 0.2) is 0 Å². The molecule has 98 valence electrons. The molecule has 1 spiro atoms. The van der Waals surface area contributed by atoms with Crippen molar-refractivity contribution in [3.8, 4) is 0 Å². The first-order valence-electron chi connectivity index (χ1n) is 6.30. The zero-order chi connectivity index (χ0) is 12.5. The van der Waals surface area contributed by atoms with Gasteiger partial charge in [0.1, 0.15) is 4.33 Å². The number of hydrogen-bond acceptors (Lipinski definition) is 2. The third-order valence-corrected chi connectivity index (χ3v) is 4.98. The molecule has 0 aromatic heterocycles. The van der Waals surface area contributed by atoms with Crippen molar-refractivity contribution in [3.05, 3.63) is 0 Å². The fraction of sp³-hybridized carbons (Fsp3) is 0.917. The van der Waals surface area contributed by atoms with E-state index >= 15 is 0 Å². The van der Waals surface area contributed by atoms with Crippen molar-refractivity contribution in [1.82, 2.24) is 4.90 Å². The Bertz CT molecular complexity index is 299. The lowest BCUT2D eigenvalue weighted by Gasteiger charge is -2.32. The van der Waals surface area contributed by atoms with Crippen molar-refractivity contribution in [2.45, 2.75) is 43.4 Å². The molecule has 1 heterocycles. The summed E-state index contributed by atoms with van der Waals surface area (Å²) < 4.78 is 4.63. The molecule has 1 aliphatic carbocycles. The molecular weight excluding hydrogens is 261 g/mol. The Morgan fingerprint density at radius 2 is 1.94 bits per heavy atom. The normalized spacial score (nSPS) is 24.8. The van der Waals surface area contributed by atoms with Gasteiger partial charge in [-0.3, -0.25) is 0 Å². The topological polar surface area (TPSA) is 29.5 Å². The van der Waals surface area contributed by atoms with Crippen LogP contribution in [0.1, 0.15) is 39.0 Å². The van der Waals surface area contributed by atoms with Gasteiger partial charge in [-0.2, -0.15) is 0 Å². The Morgan fingerprint density at radius 1 is 1.35 bits per heavy atom. The van der Waals surface area contributed by atoms with Crippen LogP contribution in [0, 0.1) is 5.41 Å². The number of likely N-dealkylation sites (tertiary alicyclic amines) is 1. The number of hydrogen-bond donors (Lipinski definition) is 0. The second-order valence-corrected chi connectivity index (χ2v) is 6.60. The van der Waals surface area contributed by atoms with Crippen LogP contribution in [0.5, 0.6) is 0 Å². The molecule has 0 N–H and O–H groups in total. The van der Waals surface area contributed by atoms with E-state index in [9.17, 15) is 4.79 Å². The first-order chi connectivity index (χ1) is 8.01. The molecule has 0 aromatic rings. The predicted molar refractivity (Wildman–Crippen MR) is 68.6 cm³/mol. The molecule has 0 aromatic carbocycles. The van der Waals surface area contributed by atoms with E-state index < -0.39 is 4.33 Å². The zero-order valence-electron chi connectivity index (χ0n) is 10.2. The van der Waals surface area contributed by atoms with Gasteiger partial charge in [0, 0.05) is 18.5 Å². The highest BCUT2D eigenvalue weighted by Crippen LogP contribution is 2.68. The molecule has 0 atom stereocenters. The maximum absolute atomic E-state index is 11.7. The number of unbranched alkanes of at least 4 members (excludes halogenated alkanes) is 1. The van der Waals surface area contributed by atoms with E-state index in [-0.39, 0.29) is 11.5 Å². The predicted octanol–water partition coefficient (Wildman–Crippen LogP) is 3.58. The first-order valence-corrected chi connectivity index (χ1v) is 7.06. The lowest BCUT2D eigenvalue weighted by atomic mass is 9.94. The van der Waals surface area contributed by atoms with E-state index in [0.29, 0.717) is 19.7 Å². The average Bonchev–Trinajstić information content (AvgIpc) is 2.81. The number of ether oxygens (including phenoxy) is 1. The monoisotopic (exact) mass is 279 g/mol. The molecule has 0 bridgehead atoms. The van der Waals surface area contributed by atoms with Crippen molar-refractivity contribution >= 4 is 29.3 Å². The number of carbonyl (C=O) groups is 1. The largest absolute Gasteiger partial charge is 0.449 e. The number of carbonyl (C=O) groups excluding carboxylic acids is 1. The third kappa shape index (κ3) is 2.65. The van der Waals surface area contributed by atoms with Crippen LogP contribution in [-0.4, -0.2) is 35.0 Å². The molecule has 2 aliphatic rings. The minimum absolute atomic E-state index is 0.0658. The minimum Gasteiger partial charge on any atom is -0.449 e. The molecular formula is C12H19Cl2NO2. The van der Waals surface area contributed by atoms with Gasteiger partial charge in [0.05, 0.1) is 6.61 Å². The number of halogens is 2. The number of rotatable bonds is 3. The van der Waals surface area contributed by atoms with Gasteiger partial charge in [0.2, 0.25) is 0 Å². The number of amides is 1. The smallest absolute Gasteiger partial charge is 0.409 e. The molecule has 2 rings (SSSR count). The van der Waals surface area contributed by atoms with Gasteiger partial charge in [-0.15, -0.1) is 23.2 Å². The van der Waals surface area contributed by atoms with Crippen molar-refractivity contribution in [2.24, 2.45) is 5.41 Å². The fourth-order valence-electron chi connectivity index (χ4n) is 2.44. The molecule has 3 nitrogen and oxygen atoms in total. The Hall–Kier alpha value is -0.150. The van der Waals surface area contributed by atoms with Crippen LogP contribution in [0.3, 0.4) is 0 Å². The summed E-state index contributed by atoms with van der Waals surface area (Å²) >= 11 is 12.3. The molecule has 1 saturated heterocycles. The highest BCUT2D eigenvalue weighted by Gasteiger charge is 2.66. The lowest BCUT2D eigenvalue weighted by Crippen LogP contribution is -2.40. The fourth-order valence-corrected chi connectivity index (χ4v) is 3.33. The third-order valence-electron chi connectivity index (χ3n) is 3.91. The van der Waals surface area contributed by atoms with Crippen LogP contribution in [0.25, 0.3) is 0 Å². The molecule has 1 aliphatic heterocycles. The quantitative estimate of drug-likeness (QED) is 0.584. The molecule has 1 amide bonds. The summed E-state index contributed by atoms with van der Waals surface area (Å²) in [5, 5.41) is 0. The molecule has 0 radical (unpaired) electrons. The van der Waals surface area contributed by atoms with Crippen LogP contribution >= 0.6 is 23.2 Å². The van der Waals surface area contributed by atoms with Crippen molar-refractivity contribution < 1.29 is 9.53 Å². The summed E-state index contributed by atoms with van der Waals surface area (Å²) in [6.45, 7) is 4.02. The number of piperidine rings is 1. The van der Waals surface area contributed by atoms with E-state index in [2.05, 4.69) is 6.92 Å². The summed E-state index contributed by atoms with van der Waals surface area (Å²) in [6.07, 6.45) is 4.42. The summed E-state index contributed by atoms with van der Waals surface area (Å²) in [6, 6.07) is 0. The summed E-state index contributed by atoms with van der Waals surface area (Å²) in [7, 11) is 0. The van der Waals surface area contributed by atoms with Crippen LogP contribution in [0.2, 0.25) is 0 Å². The van der Waals surface area contributed by atoms with Gasteiger partial charge in [0.15, 0.2) is 0 Å². The van der Waals surface area contributed by atoms with Crippen molar-refractivity contribution in [2.75, 3.05) is 19.7 Å². The van der Waals surface area contributed by atoms with Gasteiger partial charge >= 0.3 is 6.09 Å². The van der Waals surface area contributed by atoms with Crippen LogP contribution in [0.4, 0.5) is 4.79 Å². The maximum Gasteiger partial charge on any atom is 0.409 e. The Balaban J connectivity index is 1.74. The molecule has 2 fully saturated rings. The van der Waals surface area contributed by atoms with Crippen molar-refractivity contribution in [1.29, 1.82) is 0 Å². The second-order valence-electron chi connectivity index (χ2n) is 5.12. The SMILES string of the molecule is CCCCOC(=O)N1CCC2(CC1)CC2(Cl)Cl. The number of nitrogens with zero attached hydrogens (tertiary/aromatic N) is 1. The van der Waals surface area contributed by atoms with E-state index in [1.54, 1.807) is 4.90 Å². The lowest BCUT2D eigenvalue weighted by molar-refractivity contribution is 0.0838. The second kappa shape index (κ2) is 4.85. The van der Waals surface area contributed by atoms with E-state index in [4.69, 9.17) is 27.9 Å². The Morgan fingerprint density at radius 3 is 2.41 bits per heavy atom. The molecule has 5 heteroatoms. The maximum atomic E-state index is 11.7. The zero-order valence-corrected chi connectivity index (χ0v) is 11.7. The van der Waals surface area contributed by atoms with Gasteiger partial charge in [0.25, 0.3) is 0 Å². The number of alkyl halides is 2. The summed E-state index contributed by atoms with van der Waals surface area (Å²) in [5.41, 5.74) is 0.0658. The van der Waals surface area contributed by atoms with Crippen molar-refractivity contribution in [3.63, 3.8) is 0 Å². The van der Waals surface area contributed by atoms with Gasteiger partial charge in [-0.25, -0.2) is 4.79 Å².